The van der Waals surface area contributed by atoms with Crippen molar-refractivity contribution in [3.05, 3.63) is 52.8 Å². The van der Waals surface area contributed by atoms with Crippen molar-refractivity contribution in [2.45, 2.75) is 33.2 Å². The first-order valence-electron chi connectivity index (χ1n) is 7.36. The van der Waals surface area contributed by atoms with Gasteiger partial charge >= 0.3 is 0 Å². The fraction of sp³-hybridized carbons (Fsp3) is 0.412. The van der Waals surface area contributed by atoms with Gasteiger partial charge in [-0.1, -0.05) is 19.1 Å². The summed E-state index contributed by atoms with van der Waals surface area (Å²) >= 11 is 0. The smallest absolute Gasteiger partial charge is 0.119 e. The molecule has 0 aliphatic rings. The average Bonchev–Trinajstić information content (AvgIpc) is 2.50. The minimum Gasteiger partial charge on any atom is -0.494 e. The molecule has 0 saturated carbocycles. The van der Waals surface area contributed by atoms with Gasteiger partial charge in [0.25, 0.3) is 0 Å². The van der Waals surface area contributed by atoms with Gasteiger partial charge in [-0.15, -0.1) is 0 Å². The summed E-state index contributed by atoms with van der Waals surface area (Å²) in [7, 11) is 1.96. The van der Waals surface area contributed by atoms with Gasteiger partial charge in [0.2, 0.25) is 0 Å². The number of nitrogens with one attached hydrogen (secondary N) is 1. The molecule has 0 bridgehead atoms. The fourth-order valence-corrected chi connectivity index (χ4v) is 2.34. The Morgan fingerprint density at radius 1 is 1.14 bits per heavy atom. The fourth-order valence-electron chi connectivity index (χ4n) is 2.34. The van der Waals surface area contributed by atoms with E-state index in [9.17, 15) is 0 Å². The van der Waals surface area contributed by atoms with Crippen molar-refractivity contribution >= 4 is 0 Å². The predicted octanol–water partition coefficient (Wildman–Crippen LogP) is 3.19. The van der Waals surface area contributed by atoms with Gasteiger partial charge in [-0.2, -0.15) is 10.2 Å². The molecule has 0 radical (unpaired) electrons. The second-order valence-corrected chi connectivity index (χ2v) is 5.17. The largest absolute Gasteiger partial charge is 0.494 e. The monoisotopic (exact) mass is 285 g/mol. The van der Waals surface area contributed by atoms with E-state index in [4.69, 9.17) is 4.74 Å². The number of aryl methyl sites for hydroxylation is 2. The molecule has 0 fully saturated rings. The Morgan fingerprint density at radius 2 is 1.86 bits per heavy atom. The SMILES string of the molecule is CCCOc1ccc(C(NC)c2cc(C)nnc2C)cc1. The Hall–Kier alpha value is -1.94. The van der Waals surface area contributed by atoms with Gasteiger partial charge in [0, 0.05) is 0 Å². The number of nitrogens with zero attached hydrogens (tertiary/aromatic N) is 2. The number of hydrogen-bond donors (Lipinski definition) is 1. The van der Waals surface area contributed by atoms with E-state index in [1.807, 2.05) is 33.0 Å². The van der Waals surface area contributed by atoms with Crippen LogP contribution in [0.15, 0.2) is 30.3 Å². The quantitative estimate of drug-likeness (QED) is 0.885. The van der Waals surface area contributed by atoms with Gasteiger partial charge in [0.05, 0.1) is 24.0 Å². The van der Waals surface area contributed by atoms with Crippen molar-refractivity contribution in [2.75, 3.05) is 13.7 Å². The summed E-state index contributed by atoms with van der Waals surface area (Å²) in [6.07, 6.45) is 1.02. The molecule has 1 atom stereocenters. The van der Waals surface area contributed by atoms with Crippen molar-refractivity contribution in [3.8, 4) is 5.75 Å². The topological polar surface area (TPSA) is 47.0 Å². The number of aromatic nitrogens is 2. The lowest BCUT2D eigenvalue weighted by molar-refractivity contribution is 0.317. The highest BCUT2D eigenvalue weighted by Gasteiger charge is 2.15. The number of benzene rings is 1. The molecule has 1 aromatic carbocycles. The third-order valence-electron chi connectivity index (χ3n) is 3.43. The molecule has 1 unspecified atom stereocenters. The van der Waals surface area contributed by atoms with E-state index in [0.29, 0.717) is 0 Å². The van der Waals surface area contributed by atoms with Crippen molar-refractivity contribution in [2.24, 2.45) is 0 Å². The molecule has 112 valence electrons. The summed E-state index contributed by atoms with van der Waals surface area (Å²) in [6, 6.07) is 10.4. The molecular formula is C17H23N3O. The zero-order valence-electron chi connectivity index (χ0n) is 13.2. The van der Waals surface area contributed by atoms with E-state index in [1.165, 1.54) is 5.56 Å². The van der Waals surface area contributed by atoms with Gasteiger partial charge in [-0.3, -0.25) is 0 Å². The lowest BCUT2D eigenvalue weighted by Crippen LogP contribution is -2.19. The normalized spacial score (nSPS) is 12.2. The van der Waals surface area contributed by atoms with E-state index in [0.717, 1.165) is 35.7 Å². The zero-order valence-corrected chi connectivity index (χ0v) is 13.2. The van der Waals surface area contributed by atoms with Crippen molar-refractivity contribution in [1.82, 2.24) is 15.5 Å². The summed E-state index contributed by atoms with van der Waals surface area (Å²) < 4.78 is 5.63. The molecule has 0 spiro atoms. The van der Waals surface area contributed by atoms with Crippen LogP contribution >= 0.6 is 0 Å². The van der Waals surface area contributed by atoms with Crippen LogP contribution in [0.4, 0.5) is 0 Å². The number of rotatable bonds is 6. The highest BCUT2D eigenvalue weighted by atomic mass is 16.5. The first-order valence-corrected chi connectivity index (χ1v) is 7.36. The van der Waals surface area contributed by atoms with Crippen LogP contribution in [0.25, 0.3) is 0 Å². The molecule has 0 aliphatic heterocycles. The first kappa shape index (κ1) is 15.4. The second kappa shape index (κ2) is 7.18. The lowest BCUT2D eigenvalue weighted by Gasteiger charge is -2.19. The summed E-state index contributed by atoms with van der Waals surface area (Å²) in [5.74, 6) is 0.913. The van der Waals surface area contributed by atoms with Crippen LogP contribution in [-0.4, -0.2) is 23.9 Å². The van der Waals surface area contributed by atoms with E-state index < -0.39 is 0 Å². The van der Waals surface area contributed by atoms with E-state index in [1.54, 1.807) is 0 Å². The average molecular weight is 285 g/mol. The van der Waals surface area contributed by atoms with Crippen LogP contribution in [0.5, 0.6) is 5.75 Å². The van der Waals surface area contributed by atoms with Gasteiger partial charge in [0.15, 0.2) is 0 Å². The maximum Gasteiger partial charge on any atom is 0.119 e. The van der Waals surface area contributed by atoms with Crippen LogP contribution in [0.3, 0.4) is 0 Å². The van der Waals surface area contributed by atoms with Crippen LogP contribution in [-0.2, 0) is 0 Å². The highest BCUT2D eigenvalue weighted by Crippen LogP contribution is 2.25. The summed E-state index contributed by atoms with van der Waals surface area (Å²) in [6.45, 7) is 6.81. The van der Waals surface area contributed by atoms with Crippen molar-refractivity contribution in [1.29, 1.82) is 0 Å². The molecule has 4 nitrogen and oxygen atoms in total. The first-order chi connectivity index (χ1) is 10.2. The third kappa shape index (κ3) is 3.79. The van der Waals surface area contributed by atoms with Gasteiger partial charge in [-0.05, 0) is 56.6 Å². The maximum absolute atomic E-state index is 5.63. The van der Waals surface area contributed by atoms with Crippen LogP contribution in [0.2, 0.25) is 0 Å². The van der Waals surface area contributed by atoms with Crippen LogP contribution < -0.4 is 10.1 Å². The molecule has 2 aromatic rings. The zero-order chi connectivity index (χ0) is 15.2. The maximum atomic E-state index is 5.63. The second-order valence-electron chi connectivity index (χ2n) is 5.17. The molecular weight excluding hydrogens is 262 g/mol. The van der Waals surface area contributed by atoms with Crippen LogP contribution in [0.1, 0.15) is 41.9 Å². The van der Waals surface area contributed by atoms with E-state index >= 15 is 0 Å². The molecule has 0 saturated heterocycles. The molecule has 0 aliphatic carbocycles. The molecule has 2 rings (SSSR count). The minimum atomic E-state index is 0.111. The van der Waals surface area contributed by atoms with Gasteiger partial charge in [-0.25, -0.2) is 0 Å². The van der Waals surface area contributed by atoms with Crippen LogP contribution in [0, 0.1) is 13.8 Å². The lowest BCUT2D eigenvalue weighted by atomic mass is 9.97. The third-order valence-corrected chi connectivity index (χ3v) is 3.43. The van der Waals surface area contributed by atoms with Gasteiger partial charge in [0.1, 0.15) is 5.75 Å². The highest BCUT2D eigenvalue weighted by molar-refractivity contribution is 5.37. The van der Waals surface area contributed by atoms with E-state index in [2.05, 4.69) is 40.6 Å². The molecule has 1 heterocycles. The summed E-state index contributed by atoms with van der Waals surface area (Å²) in [4.78, 5) is 0. The predicted molar refractivity (Wildman–Crippen MR) is 84.6 cm³/mol. The Bertz CT molecular complexity index is 581. The van der Waals surface area contributed by atoms with E-state index in [-0.39, 0.29) is 6.04 Å². The Kier molecular flexibility index (Phi) is 5.28. The molecule has 1 aromatic heterocycles. The Balaban J connectivity index is 2.26. The number of hydrogen-bond acceptors (Lipinski definition) is 4. The van der Waals surface area contributed by atoms with Crippen molar-refractivity contribution in [3.63, 3.8) is 0 Å². The Morgan fingerprint density at radius 3 is 2.48 bits per heavy atom. The number of ether oxygens (including phenoxy) is 1. The summed E-state index contributed by atoms with van der Waals surface area (Å²) in [5.41, 5.74) is 4.23. The molecule has 4 heteroatoms. The minimum absolute atomic E-state index is 0.111. The Labute approximate surface area is 126 Å². The van der Waals surface area contributed by atoms with Crippen molar-refractivity contribution < 1.29 is 4.74 Å². The molecule has 1 N–H and O–H groups in total. The summed E-state index contributed by atoms with van der Waals surface area (Å²) in [5, 5.41) is 11.7. The molecule has 21 heavy (non-hydrogen) atoms. The molecule has 0 amide bonds. The van der Waals surface area contributed by atoms with Gasteiger partial charge < -0.3 is 10.1 Å². The standard InChI is InChI=1S/C17H23N3O/c1-5-10-21-15-8-6-14(7-9-15)17(18-4)16-11-12(2)19-20-13(16)3/h6-9,11,17-18H,5,10H2,1-4H3.